The molecule has 18 heavy (non-hydrogen) atoms. The van der Waals surface area contributed by atoms with Crippen molar-refractivity contribution in [3.05, 3.63) is 43.4 Å². The fraction of sp³-hybridized carbons (Fsp3) is 0.167. The fourth-order valence-electron chi connectivity index (χ4n) is 1.42. The van der Waals surface area contributed by atoms with E-state index in [4.69, 9.17) is 9.84 Å². The van der Waals surface area contributed by atoms with E-state index >= 15 is 0 Å². The summed E-state index contributed by atoms with van der Waals surface area (Å²) < 4.78 is 6.41. The first-order chi connectivity index (χ1) is 8.56. The van der Waals surface area contributed by atoms with Crippen LogP contribution in [0, 0.1) is 10.5 Å². The molecule has 6 heteroatoms. The average Bonchev–Trinajstić information content (AvgIpc) is 2.73. The number of thiazole rings is 1. The Morgan fingerprint density at radius 1 is 1.56 bits per heavy atom. The third kappa shape index (κ3) is 3.20. The van der Waals surface area contributed by atoms with Crippen molar-refractivity contribution in [2.24, 2.45) is 0 Å². The predicted octanol–water partition coefficient (Wildman–Crippen LogP) is 3.33. The normalized spacial score (nSPS) is 10.3. The van der Waals surface area contributed by atoms with Gasteiger partial charge < -0.3 is 9.84 Å². The quantitative estimate of drug-likeness (QED) is 0.833. The first kappa shape index (κ1) is 13.3. The Hall–Kier alpha value is -1.15. The zero-order valence-electron chi connectivity index (χ0n) is 9.51. The molecule has 4 nitrogen and oxygen atoms in total. The van der Waals surface area contributed by atoms with Crippen molar-refractivity contribution in [1.82, 2.24) is 4.98 Å². The monoisotopic (exact) mass is 375 g/mol. The van der Waals surface area contributed by atoms with Gasteiger partial charge >= 0.3 is 5.97 Å². The van der Waals surface area contributed by atoms with Gasteiger partial charge in [0.25, 0.3) is 0 Å². The van der Waals surface area contributed by atoms with Gasteiger partial charge in [0.15, 0.2) is 0 Å². The van der Waals surface area contributed by atoms with Gasteiger partial charge in [-0.1, -0.05) is 0 Å². The largest absolute Gasteiger partial charge is 0.487 e. The summed E-state index contributed by atoms with van der Waals surface area (Å²) in [4.78, 5) is 16.2. The highest BCUT2D eigenvalue weighted by Crippen LogP contribution is 2.23. The molecule has 1 aromatic carbocycles. The Morgan fingerprint density at radius 3 is 2.94 bits per heavy atom. The van der Waals surface area contributed by atoms with Crippen LogP contribution in [0.1, 0.15) is 20.2 Å². The van der Waals surface area contributed by atoms with E-state index in [-0.39, 0.29) is 5.56 Å². The van der Waals surface area contributed by atoms with Crippen LogP contribution in [-0.2, 0) is 6.61 Å². The Balaban J connectivity index is 2.16. The Bertz CT molecular complexity index is 582. The van der Waals surface area contributed by atoms with E-state index in [0.717, 1.165) is 13.5 Å². The highest BCUT2D eigenvalue weighted by molar-refractivity contribution is 14.1. The number of hydrogen-bond acceptors (Lipinski definition) is 4. The summed E-state index contributed by atoms with van der Waals surface area (Å²) in [6, 6.07) is 5.09. The van der Waals surface area contributed by atoms with E-state index < -0.39 is 5.97 Å². The van der Waals surface area contributed by atoms with Crippen LogP contribution in [0.5, 0.6) is 5.75 Å². The van der Waals surface area contributed by atoms with Gasteiger partial charge in [-0.3, -0.25) is 0 Å². The van der Waals surface area contributed by atoms with Crippen molar-refractivity contribution in [3.63, 3.8) is 0 Å². The van der Waals surface area contributed by atoms with E-state index in [9.17, 15) is 4.79 Å². The van der Waals surface area contributed by atoms with E-state index in [1.807, 2.05) is 13.0 Å². The van der Waals surface area contributed by atoms with Gasteiger partial charge in [0.2, 0.25) is 0 Å². The molecular formula is C12H10INO3S. The molecule has 0 aliphatic rings. The Labute approximate surface area is 122 Å². The minimum atomic E-state index is -0.982. The molecule has 0 bridgehead atoms. The van der Waals surface area contributed by atoms with Crippen molar-refractivity contribution >= 4 is 39.9 Å². The number of ether oxygens (including phenoxy) is 1. The van der Waals surface area contributed by atoms with E-state index in [1.165, 1.54) is 11.3 Å². The minimum absolute atomic E-state index is 0.183. The number of rotatable bonds is 4. The number of nitrogens with zero attached hydrogens (tertiary/aromatic N) is 1. The first-order valence-electron chi connectivity index (χ1n) is 5.13. The Kier molecular flexibility index (Phi) is 4.18. The second kappa shape index (κ2) is 5.66. The lowest BCUT2D eigenvalue weighted by Crippen LogP contribution is -2.03. The maximum Gasteiger partial charge on any atom is 0.339 e. The molecule has 0 amide bonds. The van der Waals surface area contributed by atoms with Gasteiger partial charge in [0, 0.05) is 9.77 Å². The maximum absolute atomic E-state index is 11.1. The molecule has 1 N–H and O–H groups in total. The lowest BCUT2D eigenvalue weighted by molar-refractivity contribution is 0.0691. The summed E-state index contributed by atoms with van der Waals surface area (Å²) in [5.74, 6) is -0.599. The molecule has 0 radical (unpaired) electrons. The van der Waals surface area contributed by atoms with Crippen molar-refractivity contribution < 1.29 is 14.6 Å². The second-order valence-corrected chi connectivity index (χ2v) is 6.14. The van der Waals surface area contributed by atoms with Crippen LogP contribution in [0.4, 0.5) is 0 Å². The maximum atomic E-state index is 11.1. The van der Waals surface area contributed by atoms with Crippen LogP contribution in [0.3, 0.4) is 0 Å². The highest BCUT2D eigenvalue weighted by atomic mass is 127. The number of hydrogen-bond donors (Lipinski definition) is 1. The number of aryl methyl sites for hydroxylation is 1. The number of aromatic carboxylic acids is 1. The molecule has 2 rings (SSSR count). The molecule has 0 fully saturated rings. The molecular weight excluding hydrogens is 365 g/mol. The van der Waals surface area contributed by atoms with Crippen LogP contribution in [0.2, 0.25) is 0 Å². The molecule has 0 unspecified atom stereocenters. The van der Waals surface area contributed by atoms with Crippen LogP contribution in [-0.4, -0.2) is 16.1 Å². The van der Waals surface area contributed by atoms with E-state index in [0.29, 0.717) is 12.4 Å². The third-order valence-electron chi connectivity index (χ3n) is 2.21. The molecule has 0 saturated carbocycles. The van der Waals surface area contributed by atoms with Crippen LogP contribution < -0.4 is 4.74 Å². The zero-order valence-corrected chi connectivity index (χ0v) is 12.5. The molecule has 0 atom stereocenters. The summed E-state index contributed by atoms with van der Waals surface area (Å²) in [5, 5.41) is 10.1. The third-order valence-corrected chi connectivity index (χ3v) is 3.77. The molecule has 0 spiro atoms. The highest BCUT2D eigenvalue weighted by Gasteiger charge is 2.12. The van der Waals surface area contributed by atoms with Gasteiger partial charge in [0.1, 0.15) is 17.9 Å². The zero-order chi connectivity index (χ0) is 13.1. The van der Waals surface area contributed by atoms with Crippen LogP contribution >= 0.6 is 33.9 Å². The van der Waals surface area contributed by atoms with Gasteiger partial charge in [-0.05, 0) is 47.7 Å². The van der Waals surface area contributed by atoms with E-state index in [2.05, 4.69) is 27.6 Å². The van der Waals surface area contributed by atoms with Gasteiger partial charge in [-0.15, -0.1) is 11.3 Å². The SMILES string of the molecule is Cc1ncc(COc2ccc(I)cc2C(=O)O)s1. The standard InChI is InChI=1S/C12H10INO3S/c1-7-14-5-9(18-7)6-17-11-3-2-8(13)4-10(11)12(15)16/h2-5H,6H2,1H3,(H,15,16). The topological polar surface area (TPSA) is 59.4 Å². The number of carboxylic acids is 1. The summed E-state index contributed by atoms with van der Waals surface area (Å²) in [6.07, 6.45) is 1.74. The van der Waals surface area contributed by atoms with Crippen molar-refractivity contribution in [2.45, 2.75) is 13.5 Å². The second-order valence-electron chi connectivity index (χ2n) is 3.58. The summed E-state index contributed by atoms with van der Waals surface area (Å²) in [6.45, 7) is 2.26. The molecule has 0 aliphatic carbocycles. The van der Waals surface area contributed by atoms with Crippen LogP contribution in [0.15, 0.2) is 24.4 Å². The average molecular weight is 375 g/mol. The smallest absolute Gasteiger partial charge is 0.339 e. The molecule has 1 heterocycles. The summed E-state index contributed by atoms with van der Waals surface area (Å²) in [7, 11) is 0. The number of carboxylic acid groups (broad SMARTS) is 1. The number of halogens is 1. The summed E-state index contributed by atoms with van der Waals surface area (Å²) >= 11 is 3.61. The van der Waals surface area contributed by atoms with Crippen molar-refractivity contribution in [2.75, 3.05) is 0 Å². The lowest BCUT2D eigenvalue weighted by atomic mass is 10.2. The molecule has 0 aliphatic heterocycles. The molecule has 2 aromatic rings. The number of aromatic nitrogens is 1. The first-order valence-corrected chi connectivity index (χ1v) is 7.03. The van der Waals surface area contributed by atoms with Crippen molar-refractivity contribution in [3.8, 4) is 5.75 Å². The van der Waals surface area contributed by atoms with Gasteiger partial charge in [-0.2, -0.15) is 0 Å². The van der Waals surface area contributed by atoms with Crippen molar-refractivity contribution in [1.29, 1.82) is 0 Å². The fourth-order valence-corrected chi connectivity index (χ4v) is 2.62. The molecule has 1 aromatic heterocycles. The van der Waals surface area contributed by atoms with Gasteiger partial charge in [-0.25, -0.2) is 9.78 Å². The van der Waals surface area contributed by atoms with Gasteiger partial charge in [0.05, 0.1) is 9.88 Å². The predicted molar refractivity (Wildman–Crippen MR) is 77.3 cm³/mol. The van der Waals surface area contributed by atoms with E-state index in [1.54, 1.807) is 18.3 Å². The summed E-state index contributed by atoms with van der Waals surface area (Å²) in [5.41, 5.74) is 0.183. The number of carbonyl (C=O) groups is 1. The molecule has 94 valence electrons. The Morgan fingerprint density at radius 2 is 2.33 bits per heavy atom. The minimum Gasteiger partial charge on any atom is -0.487 e. The van der Waals surface area contributed by atoms with Crippen LogP contribution in [0.25, 0.3) is 0 Å². The molecule has 0 saturated heterocycles. The lowest BCUT2D eigenvalue weighted by Gasteiger charge is -2.08. The number of benzene rings is 1.